The second-order valence-electron chi connectivity index (χ2n) is 6.44. The maximum absolute atomic E-state index is 12.4. The lowest BCUT2D eigenvalue weighted by atomic mass is 10.1. The predicted octanol–water partition coefficient (Wildman–Crippen LogP) is 3.34. The fraction of sp³-hybridized carbons (Fsp3) is 0.364. The lowest BCUT2D eigenvalue weighted by Gasteiger charge is -2.17. The van der Waals surface area contributed by atoms with Crippen molar-refractivity contribution < 1.29 is 23.8 Å². The van der Waals surface area contributed by atoms with Crippen molar-refractivity contribution in [3.8, 4) is 11.5 Å². The first-order valence-corrected chi connectivity index (χ1v) is 9.52. The number of nitrogens with zero attached hydrogens (tertiary/aromatic N) is 1. The molecule has 0 saturated heterocycles. The molecule has 0 radical (unpaired) electrons. The predicted molar refractivity (Wildman–Crippen MR) is 112 cm³/mol. The molecule has 1 amide bonds. The number of ether oxygens (including phenoxy) is 3. The maximum atomic E-state index is 12.4. The van der Waals surface area contributed by atoms with Crippen molar-refractivity contribution in [2.24, 2.45) is 0 Å². The second-order valence-corrected chi connectivity index (χ2v) is 6.44. The molecule has 7 heteroatoms. The molecule has 2 rings (SSSR count). The molecule has 29 heavy (non-hydrogen) atoms. The summed E-state index contributed by atoms with van der Waals surface area (Å²) < 4.78 is 15.8. The minimum atomic E-state index is -0.369. The third kappa shape index (κ3) is 6.80. The topological polar surface area (TPSA) is 77.1 Å². The van der Waals surface area contributed by atoms with Crippen molar-refractivity contribution in [2.45, 2.75) is 20.4 Å². The van der Waals surface area contributed by atoms with Crippen molar-refractivity contribution in [1.29, 1.82) is 0 Å². The Morgan fingerprint density at radius 2 is 1.62 bits per heavy atom. The van der Waals surface area contributed by atoms with E-state index >= 15 is 0 Å². The Morgan fingerprint density at radius 1 is 0.966 bits per heavy atom. The molecule has 0 heterocycles. The van der Waals surface area contributed by atoms with Crippen LogP contribution in [-0.4, -0.2) is 50.7 Å². The molecule has 0 bridgehead atoms. The molecule has 7 nitrogen and oxygen atoms in total. The van der Waals surface area contributed by atoms with E-state index in [4.69, 9.17) is 14.2 Å². The quantitative estimate of drug-likeness (QED) is 0.617. The molecule has 2 aromatic rings. The van der Waals surface area contributed by atoms with Crippen LogP contribution in [0.5, 0.6) is 11.5 Å². The molecule has 0 saturated carbocycles. The van der Waals surface area contributed by atoms with Gasteiger partial charge in [-0.15, -0.1) is 0 Å². The van der Waals surface area contributed by atoms with E-state index in [1.807, 2.05) is 37.9 Å². The number of rotatable bonds is 10. The monoisotopic (exact) mass is 400 g/mol. The van der Waals surface area contributed by atoms with Gasteiger partial charge in [0.05, 0.1) is 32.4 Å². The zero-order valence-electron chi connectivity index (χ0n) is 17.4. The molecule has 1 N–H and O–H groups in total. The summed E-state index contributed by atoms with van der Waals surface area (Å²) in [6.45, 7) is 5.64. The van der Waals surface area contributed by atoms with E-state index in [9.17, 15) is 9.59 Å². The van der Waals surface area contributed by atoms with Crippen LogP contribution in [0.25, 0.3) is 0 Å². The Hall–Kier alpha value is -3.06. The van der Waals surface area contributed by atoms with E-state index in [0.717, 1.165) is 5.56 Å². The first kappa shape index (κ1) is 22.2. The first-order chi connectivity index (χ1) is 14.0. The van der Waals surface area contributed by atoms with Crippen LogP contribution in [0.3, 0.4) is 0 Å². The van der Waals surface area contributed by atoms with Crippen LogP contribution in [0.2, 0.25) is 0 Å². The van der Waals surface area contributed by atoms with Gasteiger partial charge in [0.15, 0.2) is 11.5 Å². The number of carbonyl (C=O) groups is 2. The normalized spacial score (nSPS) is 10.5. The molecule has 2 aromatic carbocycles. The molecule has 0 aliphatic rings. The van der Waals surface area contributed by atoms with E-state index in [1.54, 1.807) is 30.3 Å². The van der Waals surface area contributed by atoms with Crippen molar-refractivity contribution in [2.75, 3.05) is 39.2 Å². The second kappa shape index (κ2) is 11.1. The number of anilines is 1. The maximum Gasteiger partial charge on any atom is 0.337 e. The number of amides is 1. The number of esters is 1. The first-order valence-electron chi connectivity index (χ1n) is 9.52. The molecule has 0 aliphatic heterocycles. The van der Waals surface area contributed by atoms with Crippen molar-refractivity contribution in [3.63, 3.8) is 0 Å². The zero-order chi connectivity index (χ0) is 21.2. The molecular weight excluding hydrogens is 372 g/mol. The van der Waals surface area contributed by atoms with E-state index in [-0.39, 0.29) is 18.4 Å². The lowest BCUT2D eigenvalue weighted by Crippen LogP contribution is -2.29. The number of hydrogen-bond donors (Lipinski definition) is 1. The van der Waals surface area contributed by atoms with Crippen LogP contribution in [0.4, 0.5) is 5.69 Å². The molecule has 0 unspecified atom stereocenters. The molecule has 0 aromatic heterocycles. The summed E-state index contributed by atoms with van der Waals surface area (Å²) in [5.41, 5.74) is 2.14. The molecule has 0 atom stereocenters. The van der Waals surface area contributed by atoms with Gasteiger partial charge in [0.25, 0.3) is 0 Å². The van der Waals surface area contributed by atoms with E-state index in [1.165, 1.54) is 7.11 Å². The standard InChI is InChI=1S/C22H28N2O5/c1-5-28-19-12-11-18(13-20(19)29-6-2)23-21(25)15-24(3)14-16-7-9-17(10-8-16)22(26)27-4/h7-13H,5-6,14-15H2,1-4H3,(H,23,25). The molecule has 0 fully saturated rings. The number of likely N-dealkylation sites (N-methyl/N-ethyl adjacent to an activating group) is 1. The average Bonchev–Trinajstić information content (AvgIpc) is 2.70. The van der Waals surface area contributed by atoms with E-state index in [2.05, 4.69) is 5.32 Å². The van der Waals surface area contributed by atoms with Gasteiger partial charge in [0.1, 0.15) is 0 Å². The van der Waals surface area contributed by atoms with Crippen LogP contribution in [0, 0.1) is 0 Å². The number of nitrogens with one attached hydrogen (secondary N) is 1. The van der Waals surface area contributed by atoms with Gasteiger partial charge in [0, 0.05) is 18.3 Å². The Balaban J connectivity index is 1.92. The summed E-state index contributed by atoms with van der Waals surface area (Å²) in [6, 6.07) is 12.5. The van der Waals surface area contributed by atoms with Gasteiger partial charge in [-0.1, -0.05) is 12.1 Å². The number of carbonyl (C=O) groups excluding carboxylic acids is 2. The van der Waals surface area contributed by atoms with Crippen molar-refractivity contribution >= 4 is 17.6 Å². The highest BCUT2D eigenvalue weighted by molar-refractivity contribution is 5.92. The Morgan fingerprint density at radius 3 is 2.24 bits per heavy atom. The minimum absolute atomic E-state index is 0.134. The summed E-state index contributed by atoms with van der Waals surface area (Å²) >= 11 is 0. The third-order valence-electron chi connectivity index (χ3n) is 4.07. The Kier molecular flexibility index (Phi) is 8.48. The number of methoxy groups -OCH3 is 1. The highest BCUT2D eigenvalue weighted by atomic mass is 16.5. The summed E-state index contributed by atoms with van der Waals surface area (Å²) in [6.07, 6.45) is 0. The van der Waals surface area contributed by atoms with Gasteiger partial charge in [-0.05, 0) is 50.7 Å². The van der Waals surface area contributed by atoms with Gasteiger partial charge >= 0.3 is 5.97 Å². The van der Waals surface area contributed by atoms with Crippen LogP contribution in [-0.2, 0) is 16.1 Å². The van der Waals surface area contributed by atoms with Gasteiger partial charge < -0.3 is 19.5 Å². The van der Waals surface area contributed by atoms with E-state index < -0.39 is 0 Å². The largest absolute Gasteiger partial charge is 0.490 e. The summed E-state index contributed by atoms with van der Waals surface area (Å²) in [5.74, 6) is 0.752. The zero-order valence-corrected chi connectivity index (χ0v) is 17.4. The fourth-order valence-electron chi connectivity index (χ4n) is 2.81. The smallest absolute Gasteiger partial charge is 0.337 e. The molecule has 156 valence electrons. The van der Waals surface area contributed by atoms with Crippen LogP contribution < -0.4 is 14.8 Å². The van der Waals surface area contributed by atoms with Gasteiger partial charge in [0.2, 0.25) is 5.91 Å². The van der Waals surface area contributed by atoms with Crippen LogP contribution in [0.1, 0.15) is 29.8 Å². The van der Waals surface area contributed by atoms with Gasteiger partial charge in [-0.3, -0.25) is 9.69 Å². The number of hydrogen-bond acceptors (Lipinski definition) is 6. The van der Waals surface area contributed by atoms with E-state index in [0.29, 0.717) is 42.5 Å². The fourth-order valence-corrected chi connectivity index (χ4v) is 2.81. The average molecular weight is 400 g/mol. The lowest BCUT2D eigenvalue weighted by molar-refractivity contribution is -0.117. The molecule has 0 spiro atoms. The summed E-state index contributed by atoms with van der Waals surface area (Å²) in [7, 11) is 3.21. The Bertz CT molecular complexity index is 820. The minimum Gasteiger partial charge on any atom is -0.490 e. The highest BCUT2D eigenvalue weighted by Gasteiger charge is 2.11. The molecule has 0 aliphatic carbocycles. The third-order valence-corrected chi connectivity index (χ3v) is 4.07. The van der Waals surface area contributed by atoms with Crippen LogP contribution in [0.15, 0.2) is 42.5 Å². The summed E-state index contributed by atoms with van der Waals surface area (Å²) in [5, 5.41) is 2.88. The SMILES string of the molecule is CCOc1ccc(NC(=O)CN(C)Cc2ccc(C(=O)OC)cc2)cc1OCC. The van der Waals surface area contributed by atoms with Crippen LogP contribution >= 0.6 is 0 Å². The Labute approximate surface area is 171 Å². The summed E-state index contributed by atoms with van der Waals surface area (Å²) in [4.78, 5) is 25.8. The number of benzene rings is 2. The van der Waals surface area contributed by atoms with Crippen molar-refractivity contribution in [3.05, 3.63) is 53.6 Å². The van der Waals surface area contributed by atoms with Gasteiger partial charge in [-0.25, -0.2) is 4.79 Å². The van der Waals surface area contributed by atoms with Gasteiger partial charge in [-0.2, -0.15) is 0 Å². The van der Waals surface area contributed by atoms with Crippen molar-refractivity contribution in [1.82, 2.24) is 4.90 Å². The molecular formula is C22H28N2O5. The highest BCUT2D eigenvalue weighted by Crippen LogP contribution is 2.30.